The molecule has 2 N–H and O–H groups in total. The van der Waals surface area contributed by atoms with Crippen LogP contribution in [0, 0.1) is 5.92 Å². The van der Waals surface area contributed by atoms with Gasteiger partial charge in [0.05, 0.1) is 5.92 Å². The van der Waals surface area contributed by atoms with E-state index in [9.17, 15) is 9.59 Å². The first-order valence-electron chi connectivity index (χ1n) is 8.41. The molecule has 0 spiro atoms. The molecule has 1 saturated heterocycles. The van der Waals surface area contributed by atoms with Gasteiger partial charge in [0.15, 0.2) is 5.76 Å². The number of carbonyl (C=O) groups excluding carboxylic acids is 2. The normalized spacial score (nSPS) is 20.3. The average molecular weight is 342 g/mol. The lowest BCUT2D eigenvalue weighted by Crippen LogP contribution is -2.48. The summed E-state index contributed by atoms with van der Waals surface area (Å²) in [5, 5.41) is 0. The Morgan fingerprint density at radius 1 is 1.20 bits per heavy atom. The molecule has 0 aliphatic carbocycles. The maximum Gasteiger partial charge on any atom is 0.289 e. The molecule has 3 rings (SSSR count). The topological polar surface area (TPSA) is 85.8 Å². The summed E-state index contributed by atoms with van der Waals surface area (Å²) in [6.45, 7) is 2.56. The Bertz CT molecular complexity index is 741. The van der Waals surface area contributed by atoms with Crippen molar-refractivity contribution in [2.24, 2.45) is 11.7 Å². The van der Waals surface area contributed by atoms with E-state index in [0.717, 1.165) is 12.2 Å². The molecule has 2 aromatic rings. The van der Waals surface area contributed by atoms with Gasteiger partial charge >= 0.3 is 0 Å². The molecule has 1 fully saturated rings. The van der Waals surface area contributed by atoms with E-state index in [1.165, 1.54) is 0 Å². The molecule has 1 aliphatic rings. The molecule has 1 aliphatic heterocycles. The van der Waals surface area contributed by atoms with Gasteiger partial charge in [-0.05, 0) is 44.0 Å². The number of ether oxygens (including phenoxy) is 1. The highest BCUT2D eigenvalue weighted by Crippen LogP contribution is 2.24. The third-order valence-corrected chi connectivity index (χ3v) is 4.54. The van der Waals surface area contributed by atoms with E-state index >= 15 is 0 Å². The number of hydrogen-bond acceptors (Lipinski definition) is 4. The lowest BCUT2D eigenvalue weighted by atomic mass is 9.93. The van der Waals surface area contributed by atoms with E-state index in [1.807, 2.05) is 37.3 Å². The van der Waals surface area contributed by atoms with Gasteiger partial charge in [0, 0.05) is 12.6 Å². The second kappa shape index (κ2) is 7.42. The fraction of sp³-hybridized carbons (Fsp3) is 0.368. The number of primary amides is 1. The quantitative estimate of drug-likeness (QED) is 0.905. The lowest BCUT2D eigenvalue weighted by molar-refractivity contribution is -0.123. The van der Waals surface area contributed by atoms with Gasteiger partial charge < -0.3 is 19.8 Å². The number of nitrogens with zero attached hydrogens (tertiary/aromatic N) is 1. The molecule has 0 bridgehead atoms. The van der Waals surface area contributed by atoms with Crippen LogP contribution in [0.5, 0.6) is 5.75 Å². The van der Waals surface area contributed by atoms with Crippen molar-refractivity contribution in [1.82, 2.24) is 4.90 Å². The van der Waals surface area contributed by atoms with Crippen LogP contribution >= 0.6 is 0 Å². The Morgan fingerprint density at radius 2 is 1.96 bits per heavy atom. The number of rotatable bonds is 5. The minimum atomic E-state index is -0.360. The average Bonchev–Trinajstić information content (AvgIpc) is 3.09. The van der Waals surface area contributed by atoms with Crippen LogP contribution in [-0.4, -0.2) is 29.3 Å². The molecule has 2 amide bonds. The third-order valence-electron chi connectivity index (χ3n) is 4.54. The smallest absolute Gasteiger partial charge is 0.289 e. The fourth-order valence-corrected chi connectivity index (χ4v) is 3.01. The van der Waals surface area contributed by atoms with Crippen molar-refractivity contribution < 1.29 is 18.7 Å². The summed E-state index contributed by atoms with van der Waals surface area (Å²) < 4.78 is 11.3. The number of furan rings is 1. The summed E-state index contributed by atoms with van der Waals surface area (Å²) in [6.07, 6.45) is 1.47. The van der Waals surface area contributed by atoms with Gasteiger partial charge in [-0.25, -0.2) is 0 Å². The number of nitrogens with two attached hydrogens (primary N) is 1. The predicted octanol–water partition coefficient (Wildman–Crippen LogP) is 2.58. The highest BCUT2D eigenvalue weighted by atomic mass is 16.5. The molecule has 0 saturated carbocycles. The van der Waals surface area contributed by atoms with Crippen LogP contribution in [0.25, 0.3) is 0 Å². The van der Waals surface area contributed by atoms with Crippen LogP contribution in [0.15, 0.2) is 46.9 Å². The van der Waals surface area contributed by atoms with Gasteiger partial charge in [0.25, 0.3) is 5.91 Å². The number of amides is 2. The predicted molar refractivity (Wildman–Crippen MR) is 91.9 cm³/mol. The van der Waals surface area contributed by atoms with Gasteiger partial charge in [0.1, 0.15) is 18.1 Å². The highest BCUT2D eigenvalue weighted by molar-refractivity contribution is 5.92. The SMILES string of the molecule is C[C@H]1CC[C@@H](C(N)=O)CN1C(=O)c1ccc(COc2ccccc2)o1. The van der Waals surface area contributed by atoms with E-state index < -0.39 is 0 Å². The zero-order valence-corrected chi connectivity index (χ0v) is 14.2. The summed E-state index contributed by atoms with van der Waals surface area (Å²) in [4.78, 5) is 25.8. The number of para-hydroxylation sites is 1. The van der Waals surface area contributed by atoms with Crippen molar-refractivity contribution in [3.05, 3.63) is 54.0 Å². The van der Waals surface area contributed by atoms with Crippen LogP contribution in [0.4, 0.5) is 0 Å². The van der Waals surface area contributed by atoms with E-state index in [2.05, 4.69) is 0 Å². The summed E-state index contributed by atoms with van der Waals surface area (Å²) in [5.41, 5.74) is 5.40. The molecule has 6 nitrogen and oxygen atoms in total. The van der Waals surface area contributed by atoms with Crippen molar-refractivity contribution in [3.8, 4) is 5.75 Å². The van der Waals surface area contributed by atoms with Crippen LogP contribution in [0.2, 0.25) is 0 Å². The summed E-state index contributed by atoms with van der Waals surface area (Å²) in [6, 6.07) is 12.8. The van der Waals surface area contributed by atoms with Crippen molar-refractivity contribution in [2.45, 2.75) is 32.4 Å². The minimum Gasteiger partial charge on any atom is -0.486 e. The second-order valence-corrected chi connectivity index (χ2v) is 6.35. The number of likely N-dealkylation sites (tertiary alicyclic amines) is 1. The van der Waals surface area contributed by atoms with E-state index in [1.54, 1.807) is 17.0 Å². The maximum absolute atomic E-state index is 12.7. The number of carbonyl (C=O) groups is 2. The Hall–Kier alpha value is -2.76. The molecular formula is C19H22N2O4. The lowest BCUT2D eigenvalue weighted by Gasteiger charge is -2.36. The number of benzene rings is 1. The molecule has 25 heavy (non-hydrogen) atoms. The third kappa shape index (κ3) is 4.02. The number of piperidine rings is 1. The van der Waals surface area contributed by atoms with E-state index in [4.69, 9.17) is 14.9 Å². The second-order valence-electron chi connectivity index (χ2n) is 6.35. The molecule has 0 unspecified atom stereocenters. The number of hydrogen-bond donors (Lipinski definition) is 1. The Labute approximate surface area is 146 Å². The fourth-order valence-electron chi connectivity index (χ4n) is 3.01. The van der Waals surface area contributed by atoms with Gasteiger partial charge in [-0.2, -0.15) is 0 Å². The van der Waals surface area contributed by atoms with Crippen molar-refractivity contribution in [3.63, 3.8) is 0 Å². The van der Waals surface area contributed by atoms with Crippen molar-refractivity contribution >= 4 is 11.8 Å². The summed E-state index contributed by atoms with van der Waals surface area (Å²) >= 11 is 0. The Morgan fingerprint density at radius 3 is 2.68 bits per heavy atom. The molecule has 2 heterocycles. The Kier molecular flexibility index (Phi) is 5.07. The zero-order valence-electron chi connectivity index (χ0n) is 14.2. The first-order valence-corrected chi connectivity index (χ1v) is 8.41. The molecule has 1 aromatic carbocycles. The molecule has 1 aromatic heterocycles. The van der Waals surface area contributed by atoms with Crippen LogP contribution in [-0.2, 0) is 11.4 Å². The van der Waals surface area contributed by atoms with Gasteiger partial charge in [-0.1, -0.05) is 18.2 Å². The van der Waals surface area contributed by atoms with E-state index in [0.29, 0.717) is 18.7 Å². The molecule has 0 radical (unpaired) electrons. The van der Waals surface area contributed by atoms with Gasteiger partial charge in [0.2, 0.25) is 5.91 Å². The van der Waals surface area contributed by atoms with Gasteiger partial charge in [-0.3, -0.25) is 9.59 Å². The summed E-state index contributed by atoms with van der Waals surface area (Å²) in [7, 11) is 0. The van der Waals surface area contributed by atoms with Crippen molar-refractivity contribution in [1.29, 1.82) is 0 Å². The molecule has 132 valence electrons. The van der Waals surface area contributed by atoms with Crippen molar-refractivity contribution in [2.75, 3.05) is 6.54 Å². The largest absolute Gasteiger partial charge is 0.486 e. The molecule has 6 heteroatoms. The van der Waals surface area contributed by atoms with Gasteiger partial charge in [-0.15, -0.1) is 0 Å². The zero-order chi connectivity index (χ0) is 17.8. The van der Waals surface area contributed by atoms with E-state index in [-0.39, 0.29) is 36.1 Å². The molecule has 2 atom stereocenters. The Balaban J connectivity index is 1.64. The maximum atomic E-state index is 12.7. The highest BCUT2D eigenvalue weighted by Gasteiger charge is 2.33. The summed E-state index contributed by atoms with van der Waals surface area (Å²) in [5.74, 6) is 0.689. The van der Waals surface area contributed by atoms with Crippen LogP contribution < -0.4 is 10.5 Å². The van der Waals surface area contributed by atoms with Crippen LogP contribution in [0.3, 0.4) is 0 Å². The minimum absolute atomic E-state index is 0.0530. The standard InChI is InChI=1S/C19H22N2O4/c1-13-7-8-14(18(20)22)11-21(13)19(23)17-10-9-16(25-17)12-24-15-5-3-2-4-6-15/h2-6,9-10,13-14H,7-8,11-12H2,1H3,(H2,20,22)/t13-,14+/m0/s1. The monoisotopic (exact) mass is 342 g/mol. The molecular weight excluding hydrogens is 320 g/mol. The first kappa shape index (κ1) is 17.1. The first-order chi connectivity index (χ1) is 12.0. The van der Waals surface area contributed by atoms with Crippen LogP contribution in [0.1, 0.15) is 36.1 Å².